The van der Waals surface area contributed by atoms with Gasteiger partial charge in [0.05, 0.1) is 0 Å². The Kier molecular flexibility index (Phi) is 6.13. The van der Waals surface area contributed by atoms with Crippen molar-refractivity contribution < 1.29 is 9.59 Å². The Bertz CT molecular complexity index is 555. The van der Waals surface area contributed by atoms with Crippen LogP contribution in [0.4, 0.5) is 0 Å². The molecule has 23 heavy (non-hydrogen) atoms. The first-order valence-corrected chi connectivity index (χ1v) is 8.68. The molecule has 0 N–H and O–H groups in total. The molecular formula is C18H27N3O2. The van der Waals surface area contributed by atoms with Gasteiger partial charge in [0.25, 0.3) is 11.8 Å². The van der Waals surface area contributed by atoms with Gasteiger partial charge in [-0.2, -0.15) is 0 Å². The first kappa shape index (κ1) is 17.4. The van der Waals surface area contributed by atoms with Crippen molar-refractivity contribution in [1.29, 1.82) is 0 Å². The van der Waals surface area contributed by atoms with E-state index in [9.17, 15) is 9.59 Å². The summed E-state index contributed by atoms with van der Waals surface area (Å²) in [6.45, 7) is 8.12. The Balaban J connectivity index is 2.21. The predicted molar refractivity (Wildman–Crippen MR) is 90.5 cm³/mol. The summed E-state index contributed by atoms with van der Waals surface area (Å²) < 4.78 is 0. The second kappa shape index (κ2) is 8.09. The van der Waals surface area contributed by atoms with Crippen molar-refractivity contribution in [1.82, 2.24) is 14.8 Å². The summed E-state index contributed by atoms with van der Waals surface area (Å²) in [5.74, 6) is -0.0946. The molecule has 1 fully saturated rings. The molecule has 1 atom stereocenters. The van der Waals surface area contributed by atoms with E-state index in [1.165, 1.54) is 6.42 Å². The number of hydrogen-bond donors (Lipinski definition) is 0. The Morgan fingerprint density at radius 2 is 2.00 bits per heavy atom. The number of amides is 2. The highest BCUT2D eigenvalue weighted by atomic mass is 16.2. The third-order valence-corrected chi connectivity index (χ3v) is 4.64. The molecule has 2 rings (SSSR count). The van der Waals surface area contributed by atoms with Crippen molar-refractivity contribution in [3.8, 4) is 0 Å². The maximum absolute atomic E-state index is 12.8. The summed E-state index contributed by atoms with van der Waals surface area (Å²) in [4.78, 5) is 33.1. The third kappa shape index (κ3) is 3.89. The number of rotatable bonds is 5. The van der Waals surface area contributed by atoms with Crippen molar-refractivity contribution >= 4 is 11.8 Å². The zero-order valence-corrected chi connectivity index (χ0v) is 14.4. The van der Waals surface area contributed by atoms with Crippen LogP contribution < -0.4 is 0 Å². The lowest BCUT2D eigenvalue weighted by atomic mass is 9.99. The Labute approximate surface area is 138 Å². The van der Waals surface area contributed by atoms with E-state index in [2.05, 4.69) is 11.9 Å². The summed E-state index contributed by atoms with van der Waals surface area (Å²) in [5, 5.41) is 0. The van der Waals surface area contributed by atoms with Crippen molar-refractivity contribution in [2.24, 2.45) is 0 Å². The van der Waals surface area contributed by atoms with Crippen LogP contribution in [0.2, 0.25) is 0 Å². The van der Waals surface area contributed by atoms with Gasteiger partial charge in [0, 0.05) is 37.4 Å². The fourth-order valence-corrected chi connectivity index (χ4v) is 3.21. The molecule has 0 aliphatic carbocycles. The van der Waals surface area contributed by atoms with E-state index in [1.54, 1.807) is 23.2 Å². The van der Waals surface area contributed by atoms with Crippen molar-refractivity contribution in [3.05, 3.63) is 29.6 Å². The Morgan fingerprint density at radius 1 is 1.26 bits per heavy atom. The molecule has 1 aromatic rings. The van der Waals surface area contributed by atoms with E-state index in [0.717, 1.165) is 25.8 Å². The topological polar surface area (TPSA) is 53.5 Å². The standard InChI is InChI=1S/C18H27N3O2/c1-4-15-9-7-8-12-21(15)18(23)16-13-14(10-11-19-16)17(22)20(5-2)6-3/h10-11,13,15H,4-9,12H2,1-3H3. The minimum Gasteiger partial charge on any atom is -0.339 e. The Morgan fingerprint density at radius 3 is 2.65 bits per heavy atom. The summed E-state index contributed by atoms with van der Waals surface area (Å²) in [6, 6.07) is 3.62. The molecule has 5 heteroatoms. The van der Waals surface area contributed by atoms with Gasteiger partial charge in [0.1, 0.15) is 5.69 Å². The molecule has 1 aliphatic heterocycles. The fraction of sp³-hybridized carbons (Fsp3) is 0.611. The van der Waals surface area contributed by atoms with Gasteiger partial charge < -0.3 is 9.80 Å². The number of piperidine rings is 1. The minimum atomic E-state index is -0.0502. The van der Waals surface area contributed by atoms with E-state index < -0.39 is 0 Å². The molecule has 1 saturated heterocycles. The summed E-state index contributed by atoms with van der Waals surface area (Å²) in [6.07, 6.45) is 5.80. The average Bonchev–Trinajstić information content (AvgIpc) is 2.62. The van der Waals surface area contributed by atoms with Gasteiger partial charge in [-0.3, -0.25) is 14.6 Å². The number of hydrogen-bond acceptors (Lipinski definition) is 3. The van der Waals surface area contributed by atoms with Crippen LogP contribution in [0.25, 0.3) is 0 Å². The molecule has 2 heterocycles. The normalized spacial score (nSPS) is 17.9. The zero-order valence-electron chi connectivity index (χ0n) is 14.4. The van der Waals surface area contributed by atoms with Gasteiger partial charge in [-0.25, -0.2) is 0 Å². The molecule has 0 aromatic carbocycles. The molecule has 1 aromatic heterocycles. The van der Waals surface area contributed by atoms with Crippen LogP contribution in [0, 0.1) is 0 Å². The van der Waals surface area contributed by atoms with Crippen LogP contribution in [0.5, 0.6) is 0 Å². The zero-order chi connectivity index (χ0) is 16.8. The average molecular weight is 317 g/mol. The molecule has 0 radical (unpaired) electrons. The second-order valence-corrected chi connectivity index (χ2v) is 5.96. The van der Waals surface area contributed by atoms with E-state index in [-0.39, 0.29) is 11.8 Å². The summed E-state index contributed by atoms with van der Waals surface area (Å²) in [5.41, 5.74) is 0.917. The minimum absolute atomic E-state index is 0.0443. The van der Waals surface area contributed by atoms with Crippen molar-refractivity contribution in [3.63, 3.8) is 0 Å². The SMILES string of the molecule is CCC1CCCCN1C(=O)c1cc(C(=O)N(CC)CC)ccn1. The fourth-order valence-electron chi connectivity index (χ4n) is 3.21. The number of carbonyl (C=O) groups is 2. The lowest BCUT2D eigenvalue weighted by Gasteiger charge is -2.35. The number of carbonyl (C=O) groups excluding carboxylic acids is 2. The van der Waals surface area contributed by atoms with Crippen molar-refractivity contribution in [2.45, 2.75) is 52.5 Å². The van der Waals surface area contributed by atoms with Crippen LogP contribution in [0.3, 0.4) is 0 Å². The molecule has 0 saturated carbocycles. The molecular weight excluding hydrogens is 290 g/mol. The van der Waals surface area contributed by atoms with Gasteiger partial charge >= 0.3 is 0 Å². The molecule has 0 spiro atoms. The van der Waals surface area contributed by atoms with Crippen LogP contribution >= 0.6 is 0 Å². The monoisotopic (exact) mass is 317 g/mol. The first-order valence-electron chi connectivity index (χ1n) is 8.68. The second-order valence-electron chi connectivity index (χ2n) is 5.96. The highest BCUT2D eigenvalue weighted by Crippen LogP contribution is 2.21. The van der Waals surface area contributed by atoms with E-state index in [0.29, 0.717) is 30.4 Å². The number of aromatic nitrogens is 1. The van der Waals surface area contributed by atoms with Gasteiger partial charge in [-0.1, -0.05) is 6.92 Å². The lowest BCUT2D eigenvalue weighted by molar-refractivity contribution is 0.0602. The van der Waals surface area contributed by atoms with E-state index in [4.69, 9.17) is 0 Å². The van der Waals surface area contributed by atoms with Gasteiger partial charge in [-0.15, -0.1) is 0 Å². The highest BCUT2D eigenvalue weighted by molar-refractivity contribution is 5.98. The lowest BCUT2D eigenvalue weighted by Crippen LogP contribution is -2.43. The molecule has 0 bridgehead atoms. The first-order chi connectivity index (χ1) is 11.1. The molecule has 1 unspecified atom stereocenters. The third-order valence-electron chi connectivity index (χ3n) is 4.64. The van der Waals surface area contributed by atoms with Crippen LogP contribution in [-0.4, -0.2) is 52.3 Å². The number of likely N-dealkylation sites (tertiary alicyclic amines) is 1. The molecule has 1 aliphatic rings. The molecule has 5 nitrogen and oxygen atoms in total. The molecule has 2 amide bonds. The van der Waals surface area contributed by atoms with Crippen LogP contribution in [0.1, 0.15) is 67.3 Å². The van der Waals surface area contributed by atoms with Crippen LogP contribution in [-0.2, 0) is 0 Å². The number of nitrogens with zero attached hydrogens (tertiary/aromatic N) is 3. The van der Waals surface area contributed by atoms with E-state index in [1.807, 2.05) is 18.7 Å². The quantitative estimate of drug-likeness (QED) is 0.839. The maximum atomic E-state index is 12.8. The summed E-state index contributed by atoms with van der Waals surface area (Å²) in [7, 11) is 0. The van der Waals surface area contributed by atoms with Crippen LogP contribution in [0.15, 0.2) is 18.3 Å². The van der Waals surface area contributed by atoms with Gasteiger partial charge in [0.2, 0.25) is 0 Å². The van der Waals surface area contributed by atoms with Crippen molar-refractivity contribution in [2.75, 3.05) is 19.6 Å². The van der Waals surface area contributed by atoms with E-state index >= 15 is 0 Å². The Hall–Kier alpha value is -1.91. The highest BCUT2D eigenvalue weighted by Gasteiger charge is 2.27. The smallest absolute Gasteiger partial charge is 0.272 e. The van der Waals surface area contributed by atoms with Gasteiger partial charge in [0.15, 0.2) is 0 Å². The maximum Gasteiger partial charge on any atom is 0.272 e. The largest absolute Gasteiger partial charge is 0.339 e. The predicted octanol–water partition coefficient (Wildman–Crippen LogP) is 2.97. The number of pyridine rings is 1. The summed E-state index contributed by atoms with van der Waals surface area (Å²) >= 11 is 0. The van der Waals surface area contributed by atoms with Gasteiger partial charge in [-0.05, 0) is 51.7 Å². The molecule has 126 valence electrons.